The van der Waals surface area contributed by atoms with E-state index < -0.39 is 111 Å². The van der Waals surface area contributed by atoms with Crippen LogP contribution in [-0.2, 0) is 4.74 Å². The Labute approximate surface area is 195 Å². The summed E-state index contributed by atoms with van der Waals surface area (Å²) in [6.45, 7) is 0.291. The number of aromatic hydroxyl groups is 4. The molecule has 0 unspecified atom stereocenters. The molecule has 0 saturated carbocycles. The van der Waals surface area contributed by atoms with E-state index in [-0.39, 0.29) is 5.56 Å². The molecular weight excluding hydrogens is 472 g/mol. The Hall–Kier alpha value is -3.75. The lowest BCUT2D eigenvalue weighted by Gasteiger charge is -2.40. The molecule has 0 spiro atoms. The lowest BCUT2D eigenvalue weighted by molar-refractivity contribution is -0.232. The molecule has 1 saturated heterocycles. The molecular formula is C22H20O13. The number of aliphatic hydroxyl groups excluding tert-OH is 4. The fourth-order valence-corrected chi connectivity index (χ4v) is 4.58. The number of rotatable bonds is 3. The summed E-state index contributed by atoms with van der Waals surface area (Å²) in [5, 5.41) is 91.5. The number of phenols is 4. The SMILES string of the molecule is Cc1c(C(=O)O)c(O)cc2c1C(=O)c1c(O)c([C@@H]3O[C@@H](CO)[C@H](O)[C@@H](O)[C@H]3O)c(O)c(O)c1C2=O. The van der Waals surface area contributed by atoms with E-state index in [4.69, 9.17) is 4.74 Å². The molecule has 1 heterocycles. The molecule has 35 heavy (non-hydrogen) atoms. The molecule has 1 fully saturated rings. The molecule has 5 atom stereocenters. The highest BCUT2D eigenvalue weighted by Crippen LogP contribution is 2.52. The van der Waals surface area contributed by atoms with Crippen molar-refractivity contribution in [2.75, 3.05) is 6.61 Å². The standard InChI is InChI=1S/C22H20O13/c1-4-8-5(2-6(24)9(4)22(33)34)13(25)10-11(15(8)27)16(28)12(18(30)17(10)29)21-20(32)19(31)14(26)7(3-23)35-21/h2,7,14,19-21,23-24,26,28-32H,3H2,1H3,(H,33,34)/t7-,14-,19+,20+,21-/m0/s1. The van der Waals surface area contributed by atoms with Crippen molar-refractivity contribution in [3.8, 4) is 23.0 Å². The van der Waals surface area contributed by atoms with Gasteiger partial charge in [-0.25, -0.2) is 4.79 Å². The Kier molecular flexibility index (Phi) is 5.70. The van der Waals surface area contributed by atoms with Crippen molar-refractivity contribution in [3.05, 3.63) is 45.0 Å². The van der Waals surface area contributed by atoms with Gasteiger partial charge < -0.3 is 50.7 Å². The number of benzene rings is 2. The number of hydrogen-bond acceptors (Lipinski definition) is 12. The van der Waals surface area contributed by atoms with Gasteiger partial charge in [0.25, 0.3) is 0 Å². The maximum atomic E-state index is 13.4. The molecule has 186 valence electrons. The second-order valence-electron chi connectivity index (χ2n) is 8.24. The largest absolute Gasteiger partial charge is 0.507 e. The Morgan fingerprint density at radius 1 is 0.886 bits per heavy atom. The second-order valence-corrected chi connectivity index (χ2v) is 8.24. The zero-order chi connectivity index (χ0) is 26.1. The molecule has 2 aromatic carbocycles. The van der Waals surface area contributed by atoms with E-state index in [1.54, 1.807) is 0 Å². The van der Waals surface area contributed by atoms with Gasteiger partial charge in [-0.1, -0.05) is 0 Å². The van der Waals surface area contributed by atoms with E-state index in [9.17, 15) is 60.3 Å². The van der Waals surface area contributed by atoms with Gasteiger partial charge in [-0.15, -0.1) is 0 Å². The van der Waals surface area contributed by atoms with Gasteiger partial charge in [-0.3, -0.25) is 9.59 Å². The van der Waals surface area contributed by atoms with Gasteiger partial charge in [0.15, 0.2) is 23.1 Å². The number of aliphatic hydroxyl groups is 4. The minimum Gasteiger partial charge on any atom is -0.507 e. The first-order valence-electron chi connectivity index (χ1n) is 10.2. The summed E-state index contributed by atoms with van der Waals surface area (Å²) in [7, 11) is 0. The predicted octanol–water partition coefficient (Wildman–Crippen LogP) is -1.19. The fraction of sp³-hybridized carbons (Fsp3) is 0.318. The van der Waals surface area contributed by atoms with Crippen molar-refractivity contribution in [1.29, 1.82) is 0 Å². The predicted molar refractivity (Wildman–Crippen MR) is 111 cm³/mol. The molecule has 0 amide bonds. The van der Waals surface area contributed by atoms with Gasteiger partial charge in [-0.2, -0.15) is 0 Å². The summed E-state index contributed by atoms with van der Waals surface area (Å²) in [6.07, 6.45) is -9.12. The quantitative estimate of drug-likeness (QED) is 0.154. The summed E-state index contributed by atoms with van der Waals surface area (Å²) < 4.78 is 5.30. The van der Waals surface area contributed by atoms with E-state index in [1.165, 1.54) is 0 Å². The highest BCUT2D eigenvalue weighted by atomic mass is 16.5. The number of carboxylic acid groups (broad SMARTS) is 1. The lowest BCUT2D eigenvalue weighted by Crippen LogP contribution is -2.55. The van der Waals surface area contributed by atoms with Crippen molar-refractivity contribution >= 4 is 17.5 Å². The van der Waals surface area contributed by atoms with Crippen molar-refractivity contribution in [3.63, 3.8) is 0 Å². The van der Waals surface area contributed by atoms with Crippen LogP contribution in [0.5, 0.6) is 23.0 Å². The van der Waals surface area contributed by atoms with Crippen LogP contribution in [0, 0.1) is 6.92 Å². The first kappa shape index (κ1) is 24.4. The van der Waals surface area contributed by atoms with Gasteiger partial charge in [0.1, 0.15) is 47.6 Å². The average molecular weight is 492 g/mol. The van der Waals surface area contributed by atoms with Crippen LogP contribution >= 0.6 is 0 Å². The number of phenolic OH excluding ortho intramolecular Hbond substituents is 3. The summed E-state index contributed by atoms with van der Waals surface area (Å²) in [5.41, 5.74) is -4.49. The van der Waals surface area contributed by atoms with E-state index in [0.717, 1.165) is 6.92 Å². The molecule has 0 radical (unpaired) electrons. The monoisotopic (exact) mass is 492 g/mol. The highest BCUT2D eigenvalue weighted by molar-refractivity contribution is 6.31. The van der Waals surface area contributed by atoms with Crippen molar-refractivity contribution in [2.45, 2.75) is 37.4 Å². The second kappa shape index (κ2) is 8.18. The minimum absolute atomic E-state index is 0.308. The lowest BCUT2D eigenvalue weighted by atomic mass is 9.77. The van der Waals surface area contributed by atoms with Crippen molar-refractivity contribution in [2.24, 2.45) is 0 Å². The fourth-order valence-electron chi connectivity index (χ4n) is 4.58. The molecule has 0 aromatic heterocycles. The molecule has 4 rings (SSSR count). The molecule has 13 heteroatoms. The van der Waals surface area contributed by atoms with Gasteiger partial charge in [0.05, 0.1) is 23.3 Å². The van der Waals surface area contributed by atoms with Gasteiger partial charge in [0, 0.05) is 11.1 Å². The third-order valence-corrected chi connectivity index (χ3v) is 6.33. The molecule has 0 bridgehead atoms. The molecule has 1 aliphatic carbocycles. The zero-order valence-electron chi connectivity index (χ0n) is 17.8. The Morgan fingerprint density at radius 3 is 2.06 bits per heavy atom. The topological polar surface area (TPSA) is 243 Å². The number of carboxylic acids is 1. The highest BCUT2D eigenvalue weighted by Gasteiger charge is 2.48. The van der Waals surface area contributed by atoms with Crippen LogP contribution in [0.4, 0.5) is 0 Å². The molecule has 2 aromatic rings. The maximum Gasteiger partial charge on any atom is 0.339 e. The van der Waals surface area contributed by atoms with Crippen LogP contribution in [-0.4, -0.2) is 94.5 Å². The number of carbonyl (C=O) groups is 3. The molecule has 2 aliphatic rings. The smallest absolute Gasteiger partial charge is 0.339 e. The van der Waals surface area contributed by atoms with Crippen molar-refractivity contribution in [1.82, 2.24) is 0 Å². The van der Waals surface area contributed by atoms with Crippen LogP contribution in [0.3, 0.4) is 0 Å². The van der Waals surface area contributed by atoms with Crippen LogP contribution in [0.25, 0.3) is 0 Å². The zero-order valence-corrected chi connectivity index (χ0v) is 17.8. The maximum absolute atomic E-state index is 13.4. The number of hydrogen-bond donors (Lipinski definition) is 9. The summed E-state index contributed by atoms with van der Waals surface area (Å²) >= 11 is 0. The summed E-state index contributed by atoms with van der Waals surface area (Å²) in [5.74, 6) is -8.24. The summed E-state index contributed by atoms with van der Waals surface area (Å²) in [6, 6.07) is 0.716. The van der Waals surface area contributed by atoms with Gasteiger partial charge in [-0.05, 0) is 18.6 Å². The van der Waals surface area contributed by atoms with Gasteiger partial charge >= 0.3 is 5.97 Å². The van der Waals surface area contributed by atoms with Crippen LogP contribution in [0.15, 0.2) is 6.07 Å². The normalized spacial score (nSPS) is 25.8. The van der Waals surface area contributed by atoms with Crippen LogP contribution in [0.2, 0.25) is 0 Å². The first-order chi connectivity index (χ1) is 16.3. The number of fused-ring (bicyclic) bond motifs is 2. The number of carbonyl (C=O) groups excluding carboxylic acids is 2. The third kappa shape index (κ3) is 3.25. The first-order valence-corrected chi connectivity index (χ1v) is 10.2. The average Bonchev–Trinajstić information content (AvgIpc) is 2.79. The number of ether oxygens (including phenoxy) is 1. The third-order valence-electron chi connectivity index (χ3n) is 6.33. The molecule has 9 N–H and O–H groups in total. The Balaban J connectivity index is 1.99. The number of ketones is 2. The van der Waals surface area contributed by atoms with E-state index in [0.29, 0.717) is 6.07 Å². The Bertz CT molecular complexity index is 1300. The number of aromatic carboxylic acids is 1. The van der Waals surface area contributed by atoms with Crippen LogP contribution in [0.1, 0.15) is 59.4 Å². The Morgan fingerprint density at radius 2 is 1.49 bits per heavy atom. The molecule has 1 aliphatic heterocycles. The van der Waals surface area contributed by atoms with E-state index >= 15 is 0 Å². The molecule has 13 nitrogen and oxygen atoms in total. The van der Waals surface area contributed by atoms with Crippen molar-refractivity contribution < 1.29 is 65.1 Å². The minimum atomic E-state index is -2.03. The van der Waals surface area contributed by atoms with E-state index in [1.807, 2.05) is 0 Å². The summed E-state index contributed by atoms with van der Waals surface area (Å²) in [4.78, 5) is 38.1. The van der Waals surface area contributed by atoms with Gasteiger partial charge in [0.2, 0.25) is 0 Å². The van der Waals surface area contributed by atoms with Crippen LogP contribution < -0.4 is 0 Å². The van der Waals surface area contributed by atoms with E-state index in [2.05, 4.69) is 0 Å².